The molecule has 0 aromatic rings. The fraction of sp³-hybridized carbons (Fsp3) is 0.846. The maximum atomic E-state index is 12.6. The Morgan fingerprint density at radius 1 is 0.771 bits per heavy atom. The van der Waals surface area contributed by atoms with Gasteiger partial charge in [0.2, 0.25) is 17.7 Å². The summed E-state index contributed by atoms with van der Waals surface area (Å²) in [7, 11) is 0. The van der Waals surface area contributed by atoms with Crippen molar-refractivity contribution >= 4 is 23.8 Å². The van der Waals surface area contributed by atoms with Crippen LogP contribution in [0.3, 0.4) is 0 Å². The van der Waals surface area contributed by atoms with Crippen LogP contribution in [-0.4, -0.2) is 89.8 Å². The first-order valence-electron chi connectivity index (χ1n) is 13.7. The maximum absolute atomic E-state index is 12.6. The Hall–Kier alpha value is -2.32. The van der Waals surface area contributed by atoms with Gasteiger partial charge in [0.15, 0.2) is 0 Å². The van der Waals surface area contributed by atoms with Gasteiger partial charge in [0, 0.05) is 71.1 Å². The number of nitrogens with one attached hydrogen (secondary N) is 2. The number of amides is 5. The van der Waals surface area contributed by atoms with Gasteiger partial charge in [0.1, 0.15) is 0 Å². The smallest absolute Gasteiger partial charge is 0.315 e. The number of carbonyl (C=O) groups is 4. The Morgan fingerprint density at radius 3 is 1.86 bits per heavy atom. The summed E-state index contributed by atoms with van der Waals surface area (Å²) >= 11 is 0. The van der Waals surface area contributed by atoms with Crippen molar-refractivity contribution < 1.29 is 19.2 Å². The average molecular weight is 488 g/mol. The van der Waals surface area contributed by atoms with E-state index in [2.05, 4.69) is 10.6 Å². The van der Waals surface area contributed by atoms with E-state index in [1.54, 1.807) is 16.7 Å². The number of piperidine rings is 1. The van der Waals surface area contributed by atoms with Crippen LogP contribution in [0.25, 0.3) is 0 Å². The molecule has 0 aromatic carbocycles. The van der Waals surface area contributed by atoms with E-state index in [0.717, 1.165) is 37.0 Å². The van der Waals surface area contributed by atoms with Crippen LogP contribution in [0.4, 0.5) is 4.79 Å². The molecule has 194 valence electrons. The molecule has 4 bridgehead atoms. The fourth-order valence-electron chi connectivity index (χ4n) is 7.67. The van der Waals surface area contributed by atoms with E-state index < -0.39 is 0 Å². The first kappa shape index (κ1) is 24.4. The van der Waals surface area contributed by atoms with E-state index in [0.29, 0.717) is 51.7 Å². The number of hydrogen-bond donors (Lipinski definition) is 2. The highest BCUT2D eigenvalue weighted by atomic mass is 16.2. The van der Waals surface area contributed by atoms with Crippen LogP contribution in [0.15, 0.2) is 0 Å². The van der Waals surface area contributed by atoms with E-state index in [4.69, 9.17) is 0 Å². The summed E-state index contributed by atoms with van der Waals surface area (Å²) in [6, 6.07) is -0.0203. The minimum absolute atomic E-state index is 0.00466. The van der Waals surface area contributed by atoms with E-state index in [9.17, 15) is 19.2 Å². The molecule has 5 amide bonds. The molecule has 2 unspecified atom stereocenters. The van der Waals surface area contributed by atoms with Crippen molar-refractivity contribution in [2.24, 2.45) is 23.7 Å². The number of rotatable bonds is 6. The van der Waals surface area contributed by atoms with Crippen molar-refractivity contribution in [3.05, 3.63) is 0 Å². The second-order valence-corrected chi connectivity index (χ2v) is 11.8. The highest BCUT2D eigenvalue weighted by molar-refractivity contribution is 5.84. The summed E-state index contributed by atoms with van der Waals surface area (Å²) in [6.45, 7) is 5.80. The van der Waals surface area contributed by atoms with E-state index >= 15 is 0 Å². The van der Waals surface area contributed by atoms with Gasteiger partial charge in [-0.15, -0.1) is 0 Å². The third-order valence-corrected chi connectivity index (χ3v) is 9.45. The maximum Gasteiger partial charge on any atom is 0.315 e. The van der Waals surface area contributed by atoms with E-state index in [1.165, 1.54) is 25.7 Å². The largest absolute Gasteiger partial charge is 0.343 e. The number of piperazine rings is 1. The molecule has 0 aromatic heterocycles. The van der Waals surface area contributed by atoms with Crippen molar-refractivity contribution in [2.45, 2.75) is 70.3 Å². The van der Waals surface area contributed by atoms with Crippen LogP contribution in [0, 0.1) is 23.7 Å². The molecule has 6 aliphatic rings. The third-order valence-electron chi connectivity index (χ3n) is 9.45. The highest BCUT2D eigenvalue weighted by Gasteiger charge is 2.56. The predicted molar refractivity (Wildman–Crippen MR) is 130 cm³/mol. The van der Waals surface area contributed by atoms with Crippen molar-refractivity contribution in [1.29, 1.82) is 0 Å². The first-order chi connectivity index (χ1) is 16.8. The fourth-order valence-corrected chi connectivity index (χ4v) is 7.67. The Labute approximate surface area is 208 Å². The molecule has 6 fully saturated rings. The van der Waals surface area contributed by atoms with Crippen molar-refractivity contribution in [2.75, 3.05) is 45.8 Å². The molecule has 6 rings (SSSR count). The Bertz CT molecular complexity index is 827. The summed E-state index contributed by atoms with van der Waals surface area (Å²) in [5.41, 5.74) is 0.0504. The van der Waals surface area contributed by atoms with Crippen molar-refractivity contribution in [3.8, 4) is 0 Å². The molecule has 0 spiro atoms. The Balaban J connectivity index is 0.964. The summed E-state index contributed by atoms with van der Waals surface area (Å²) in [6.07, 6.45) is 8.46. The number of likely N-dealkylation sites (tertiary alicyclic amines) is 1. The molecule has 4 aliphatic carbocycles. The molecule has 2 heterocycles. The van der Waals surface area contributed by atoms with Crippen LogP contribution in [0.2, 0.25) is 0 Å². The minimum Gasteiger partial charge on any atom is -0.343 e. The van der Waals surface area contributed by atoms with Crippen molar-refractivity contribution in [1.82, 2.24) is 25.3 Å². The Morgan fingerprint density at radius 2 is 1.31 bits per heavy atom. The van der Waals surface area contributed by atoms with Crippen LogP contribution >= 0.6 is 0 Å². The second kappa shape index (κ2) is 9.97. The third kappa shape index (κ3) is 5.43. The SMILES string of the molecule is CC(=O)N1CCN(C(=O)CCC(=O)N2CCC(CNC(=O)NC34CC5CC(C3)C(C5)C4)CC2)CC1. The van der Waals surface area contributed by atoms with Gasteiger partial charge >= 0.3 is 6.03 Å². The molecular formula is C26H41N5O4. The zero-order chi connectivity index (χ0) is 24.6. The van der Waals surface area contributed by atoms with Gasteiger partial charge in [0.05, 0.1) is 0 Å². The molecule has 9 nitrogen and oxygen atoms in total. The lowest BCUT2D eigenvalue weighted by atomic mass is 9.76. The number of hydrogen-bond acceptors (Lipinski definition) is 4. The van der Waals surface area contributed by atoms with Gasteiger partial charge in [0.25, 0.3) is 0 Å². The molecule has 2 aliphatic heterocycles. The monoisotopic (exact) mass is 487 g/mol. The van der Waals surface area contributed by atoms with Crippen LogP contribution < -0.4 is 10.6 Å². The van der Waals surface area contributed by atoms with Gasteiger partial charge in [-0.1, -0.05) is 0 Å². The molecule has 2 N–H and O–H groups in total. The summed E-state index contributed by atoms with van der Waals surface area (Å²) in [5, 5.41) is 6.45. The molecule has 4 saturated carbocycles. The number of carbonyl (C=O) groups excluding carboxylic acids is 4. The van der Waals surface area contributed by atoms with E-state index in [1.807, 2.05) is 4.90 Å². The van der Waals surface area contributed by atoms with Crippen LogP contribution in [-0.2, 0) is 14.4 Å². The lowest BCUT2D eigenvalue weighted by molar-refractivity contribution is -0.140. The Kier molecular flexibility index (Phi) is 6.95. The normalized spacial score (nSPS) is 32.1. The van der Waals surface area contributed by atoms with Gasteiger partial charge < -0.3 is 25.3 Å². The minimum atomic E-state index is -0.0203. The van der Waals surface area contributed by atoms with Gasteiger partial charge in [-0.2, -0.15) is 0 Å². The molecule has 2 saturated heterocycles. The zero-order valence-corrected chi connectivity index (χ0v) is 21.1. The first-order valence-corrected chi connectivity index (χ1v) is 13.7. The standard InChI is InChI=1S/C26H41N5O4/c1-18(32)29-8-10-31(11-9-29)24(34)3-2-23(33)30-6-4-19(5-7-30)17-27-25(35)28-26-14-20-12-21(15-26)22(13-20)16-26/h19-22H,2-17H2,1H3,(H2,27,28,35). The number of urea groups is 1. The lowest BCUT2D eigenvalue weighted by Crippen LogP contribution is -2.54. The van der Waals surface area contributed by atoms with Crippen molar-refractivity contribution in [3.63, 3.8) is 0 Å². The second-order valence-electron chi connectivity index (χ2n) is 11.8. The highest BCUT2D eigenvalue weighted by Crippen LogP contribution is 2.59. The predicted octanol–water partition coefficient (Wildman–Crippen LogP) is 1.57. The quantitative estimate of drug-likeness (QED) is 0.594. The van der Waals surface area contributed by atoms with Gasteiger partial charge in [-0.05, 0) is 68.6 Å². The zero-order valence-electron chi connectivity index (χ0n) is 21.1. The molecule has 0 radical (unpaired) electrons. The summed E-state index contributed by atoms with van der Waals surface area (Å²) in [5.74, 6) is 2.95. The number of nitrogens with zero attached hydrogens (tertiary/aromatic N) is 3. The van der Waals surface area contributed by atoms with Crippen LogP contribution in [0.5, 0.6) is 0 Å². The molecular weight excluding hydrogens is 446 g/mol. The van der Waals surface area contributed by atoms with Crippen LogP contribution in [0.1, 0.15) is 64.7 Å². The lowest BCUT2D eigenvalue weighted by Gasteiger charge is -2.39. The molecule has 35 heavy (non-hydrogen) atoms. The molecule has 2 atom stereocenters. The summed E-state index contributed by atoms with van der Waals surface area (Å²) < 4.78 is 0. The molecule has 9 heteroatoms. The van der Waals surface area contributed by atoms with E-state index in [-0.39, 0.29) is 42.1 Å². The average Bonchev–Trinajstić information content (AvgIpc) is 3.26. The topological polar surface area (TPSA) is 102 Å². The van der Waals surface area contributed by atoms with Gasteiger partial charge in [-0.25, -0.2) is 4.79 Å². The van der Waals surface area contributed by atoms with Gasteiger partial charge in [-0.3, -0.25) is 14.4 Å². The summed E-state index contributed by atoms with van der Waals surface area (Å²) in [4.78, 5) is 54.6.